The molecule has 6 heteroatoms. The number of carbonyl (C=O) groups excluding carboxylic acids is 2. The predicted molar refractivity (Wildman–Crippen MR) is 128 cm³/mol. The van der Waals surface area contributed by atoms with Gasteiger partial charge in [0, 0.05) is 11.6 Å². The SMILES string of the molecule is CCN(CC)CCCC(C)NC(=O)c1cccc(CN2C(=O)COc3cc(C)ccc32)c1. The summed E-state index contributed by atoms with van der Waals surface area (Å²) >= 11 is 0. The van der Waals surface area contributed by atoms with Crippen LogP contribution in [0.4, 0.5) is 5.69 Å². The highest BCUT2D eigenvalue weighted by molar-refractivity contribution is 5.98. The Kier molecular flexibility index (Phi) is 8.28. The second-order valence-corrected chi connectivity index (χ2v) is 8.48. The number of fused-ring (bicyclic) bond motifs is 1. The summed E-state index contributed by atoms with van der Waals surface area (Å²) in [5.74, 6) is 0.557. The van der Waals surface area contributed by atoms with Crippen LogP contribution in [0.1, 0.15) is 55.1 Å². The van der Waals surface area contributed by atoms with E-state index in [-0.39, 0.29) is 24.5 Å². The first-order chi connectivity index (χ1) is 15.4. The van der Waals surface area contributed by atoms with Crippen LogP contribution in [-0.2, 0) is 11.3 Å². The van der Waals surface area contributed by atoms with Crippen molar-refractivity contribution in [2.24, 2.45) is 0 Å². The maximum atomic E-state index is 12.8. The van der Waals surface area contributed by atoms with Crippen LogP contribution in [-0.4, -0.2) is 49.0 Å². The van der Waals surface area contributed by atoms with Crippen molar-refractivity contribution in [3.05, 3.63) is 59.2 Å². The molecule has 0 saturated carbocycles. The first-order valence-corrected chi connectivity index (χ1v) is 11.6. The molecule has 0 radical (unpaired) electrons. The summed E-state index contributed by atoms with van der Waals surface area (Å²) in [5, 5.41) is 3.11. The van der Waals surface area contributed by atoms with E-state index in [1.54, 1.807) is 4.90 Å². The number of rotatable bonds is 10. The molecule has 1 atom stereocenters. The fourth-order valence-corrected chi connectivity index (χ4v) is 4.02. The van der Waals surface area contributed by atoms with E-state index < -0.39 is 0 Å². The summed E-state index contributed by atoms with van der Waals surface area (Å²) in [4.78, 5) is 29.4. The summed E-state index contributed by atoms with van der Waals surface area (Å²) in [6.07, 6.45) is 2.00. The van der Waals surface area contributed by atoms with E-state index in [2.05, 4.69) is 31.0 Å². The summed E-state index contributed by atoms with van der Waals surface area (Å²) in [7, 11) is 0. The first-order valence-electron chi connectivity index (χ1n) is 11.6. The summed E-state index contributed by atoms with van der Waals surface area (Å²) in [6.45, 7) is 12.0. The van der Waals surface area contributed by atoms with Gasteiger partial charge in [0.05, 0.1) is 12.2 Å². The van der Waals surface area contributed by atoms with Crippen LogP contribution in [0, 0.1) is 6.92 Å². The van der Waals surface area contributed by atoms with Crippen LogP contribution in [0.25, 0.3) is 0 Å². The van der Waals surface area contributed by atoms with Gasteiger partial charge in [0.25, 0.3) is 11.8 Å². The molecule has 2 aromatic carbocycles. The fraction of sp³-hybridized carbons (Fsp3) is 0.462. The molecule has 32 heavy (non-hydrogen) atoms. The Labute approximate surface area is 191 Å². The Balaban J connectivity index is 1.62. The maximum Gasteiger partial charge on any atom is 0.265 e. The second kappa shape index (κ2) is 11.1. The molecule has 1 aliphatic rings. The number of nitrogens with one attached hydrogen (secondary N) is 1. The molecule has 6 nitrogen and oxygen atoms in total. The molecule has 2 amide bonds. The van der Waals surface area contributed by atoms with Gasteiger partial charge in [-0.25, -0.2) is 0 Å². The van der Waals surface area contributed by atoms with Crippen LogP contribution >= 0.6 is 0 Å². The van der Waals surface area contributed by atoms with Gasteiger partial charge in [0.15, 0.2) is 6.61 Å². The standard InChI is InChI=1S/C26H35N3O3/c1-5-28(6-2)14-8-9-20(4)27-26(31)22-11-7-10-21(16-22)17-29-23-13-12-19(3)15-24(23)32-18-25(29)30/h7,10-13,15-16,20H,5-6,8-9,14,17-18H2,1-4H3,(H,27,31). The lowest BCUT2D eigenvalue weighted by atomic mass is 10.1. The molecule has 0 bridgehead atoms. The minimum absolute atomic E-state index is 0.0294. The summed E-state index contributed by atoms with van der Waals surface area (Å²) < 4.78 is 5.59. The van der Waals surface area contributed by atoms with Gasteiger partial charge in [-0.1, -0.05) is 32.0 Å². The van der Waals surface area contributed by atoms with Crippen molar-refractivity contribution in [2.45, 2.75) is 53.1 Å². The number of benzene rings is 2. The third-order valence-electron chi connectivity index (χ3n) is 5.97. The smallest absolute Gasteiger partial charge is 0.265 e. The van der Waals surface area contributed by atoms with Crippen LogP contribution in [0.5, 0.6) is 5.75 Å². The number of nitrogens with zero attached hydrogens (tertiary/aromatic N) is 2. The lowest BCUT2D eigenvalue weighted by Gasteiger charge is -2.29. The second-order valence-electron chi connectivity index (χ2n) is 8.48. The Hall–Kier alpha value is -2.86. The van der Waals surface area contributed by atoms with E-state index >= 15 is 0 Å². The number of hydrogen-bond acceptors (Lipinski definition) is 4. The van der Waals surface area contributed by atoms with Gasteiger partial charge in [-0.3, -0.25) is 9.59 Å². The average molecular weight is 438 g/mol. The zero-order valence-electron chi connectivity index (χ0n) is 19.7. The Morgan fingerprint density at radius 3 is 2.72 bits per heavy atom. The van der Waals surface area contributed by atoms with Gasteiger partial charge < -0.3 is 19.9 Å². The molecule has 0 saturated heterocycles. The third-order valence-corrected chi connectivity index (χ3v) is 5.97. The van der Waals surface area contributed by atoms with Crippen molar-refractivity contribution in [3.8, 4) is 5.75 Å². The Bertz CT molecular complexity index is 940. The highest BCUT2D eigenvalue weighted by Crippen LogP contribution is 2.33. The zero-order chi connectivity index (χ0) is 23.1. The monoisotopic (exact) mass is 437 g/mol. The number of ether oxygens (including phenoxy) is 1. The first kappa shape index (κ1) is 23.8. The van der Waals surface area contributed by atoms with Gasteiger partial charge in [-0.15, -0.1) is 0 Å². The van der Waals surface area contributed by atoms with Crippen molar-refractivity contribution in [1.82, 2.24) is 10.2 Å². The van der Waals surface area contributed by atoms with Gasteiger partial charge >= 0.3 is 0 Å². The molecule has 0 aromatic heterocycles. The van der Waals surface area contributed by atoms with Gasteiger partial charge in [0.2, 0.25) is 0 Å². The molecule has 1 N–H and O–H groups in total. The number of anilines is 1. The molecule has 3 rings (SSSR count). The van der Waals surface area contributed by atoms with Crippen molar-refractivity contribution in [1.29, 1.82) is 0 Å². The molecule has 0 spiro atoms. The molecule has 0 aliphatic carbocycles. The van der Waals surface area contributed by atoms with E-state index in [1.165, 1.54) is 0 Å². The highest BCUT2D eigenvalue weighted by atomic mass is 16.5. The van der Waals surface area contributed by atoms with E-state index in [9.17, 15) is 9.59 Å². The van der Waals surface area contributed by atoms with Crippen molar-refractivity contribution in [2.75, 3.05) is 31.1 Å². The van der Waals surface area contributed by atoms with Crippen molar-refractivity contribution >= 4 is 17.5 Å². The lowest BCUT2D eigenvalue weighted by Crippen LogP contribution is -2.38. The number of carbonyl (C=O) groups is 2. The fourth-order valence-electron chi connectivity index (χ4n) is 4.02. The van der Waals surface area contributed by atoms with Crippen molar-refractivity contribution in [3.63, 3.8) is 0 Å². The molecule has 2 aromatic rings. The molecule has 1 unspecified atom stereocenters. The molecule has 172 valence electrons. The van der Waals surface area contributed by atoms with E-state index in [1.807, 2.05) is 49.4 Å². The Morgan fingerprint density at radius 2 is 1.97 bits per heavy atom. The molecular formula is C26H35N3O3. The van der Waals surface area contributed by atoms with Gasteiger partial charge in [0.1, 0.15) is 5.75 Å². The quantitative estimate of drug-likeness (QED) is 0.606. The van der Waals surface area contributed by atoms with Crippen LogP contribution in [0.2, 0.25) is 0 Å². The minimum Gasteiger partial charge on any atom is -0.482 e. The zero-order valence-corrected chi connectivity index (χ0v) is 19.7. The maximum absolute atomic E-state index is 12.8. The molecule has 1 heterocycles. The number of aryl methyl sites for hydroxylation is 1. The molecule has 1 aliphatic heterocycles. The van der Waals surface area contributed by atoms with Gasteiger partial charge in [-0.2, -0.15) is 0 Å². The normalized spacial score (nSPS) is 14.2. The van der Waals surface area contributed by atoms with E-state index in [0.29, 0.717) is 12.1 Å². The van der Waals surface area contributed by atoms with Crippen LogP contribution in [0.3, 0.4) is 0 Å². The van der Waals surface area contributed by atoms with Crippen LogP contribution in [0.15, 0.2) is 42.5 Å². The minimum atomic E-state index is -0.0852. The van der Waals surface area contributed by atoms with Gasteiger partial charge in [-0.05, 0) is 81.7 Å². The third kappa shape index (κ3) is 6.10. The largest absolute Gasteiger partial charge is 0.482 e. The predicted octanol–water partition coefficient (Wildman–Crippen LogP) is 4.16. The van der Waals surface area contributed by atoms with Crippen LogP contribution < -0.4 is 15.0 Å². The summed E-state index contributed by atoms with van der Waals surface area (Å²) in [6, 6.07) is 13.4. The highest BCUT2D eigenvalue weighted by Gasteiger charge is 2.25. The lowest BCUT2D eigenvalue weighted by molar-refractivity contribution is -0.121. The van der Waals surface area contributed by atoms with E-state index in [4.69, 9.17) is 4.74 Å². The Morgan fingerprint density at radius 1 is 1.19 bits per heavy atom. The number of hydrogen-bond donors (Lipinski definition) is 1. The number of amides is 2. The molecule has 0 fully saturated rings. The molecular weight excluding hydrogens is 402 g/mol. The topological polar surface area (TPSA) is 61.9 Å². The average Bonchev–Trinajstić information content (AvgIpc) is 2.79. The van der Waals surface area contributed by atoms with E-state index in [0.717, 1.165) is 55.0 Å². The van der Waals surface area contributed by atoms with Crippen molar-refractivity contribution < 1.29 is 14.3 Å². The summed E-state index contributed by atoms with van der Waals surface area (Å²) in [5.41, 5.74) is 3.38.